The molecule has 1 aromatic heterocycles. The Labute approximate surface area is 224 Å². The zero-order valence-corrected chi connectivity index (χ0v) is 22.9. The Morgan fingerprint density at radius 3 is 1.45 bits per heavy atom. The molecule has 2 bridgehead atoms. The van der Waals surface area contributed by atoms with Crippen molar-refractivity contribution >= 4 is 22.1 Å². The van der Waals surface area contributed by atoms with Crippen molar-refractivity contribution in [1.82, 2.24) is 9.97 Å². The number of hydrogen-bond acceptors (Lipinski definition) is 3. The number of phenols is 1. The Morgan fingerprint density at radius 1 is 0.553 bits per heavy atom. The van der Waals surface area contributed by atoms with Gasteiger partial charge < -0.3 is 5.11 Å². The Bertz CT molecular complexity index is 1670. The molecule has 1 heterocycles. The number of aryl methyl sites for hydroxylation is 3. The predicted molar refractivity (Wildman–Crippen MR) is 155 cm³/mol. The number of rotatable bonds is 4. The molecular weight excluding hydrogens is 464 g/mol. The minimum absolute atomic E-state index is 0.280. The summed E-state index contributed by atoms with van der Waals surface area (Å²) in [5.74, 6) is 0.384. The highest BCUT2D eigenvalue weighted by molar-refractivity contribution is 5.90. The average molecular weight is 499 g/mol. The summed E-state index contributed by atoms with van der Waals surface area (Å²) >= 11 is 0. The molecule has 3 aliphatic carbocycles. The van der Waals surface area contributed by atoms with Crippen molar-refractivity contribution in [3.8, 4) is 5.75 Å². The first kappa shape index (κ1) is 23.4. The van der Waals surface area contributed by atoms with Gasteiger partial charge in [-0.1, -0.05) is 57.0 Å². The molecule has 3 heteroatoms. The van der Waals surface area contributed by atoms with Gasteiger partial charge in [0, 0.05) is 10.8 Å². The van der Waals surface area contributed by atoms with Crippen LogP contribution in [-0.2, 0) is 10.8 Å². The lowest BCUT2D eigenvalue weighted by molar-refractivity contribution is 0.409. The normalized spacial score (nSPS) is 21.0. The van der Waals surface area contributed by atoms with Crippen LogP contribution >= 0.6 is 0 Å². The van der Waals surface area contributed by atoms with Crippen molar-refractivity contribution < 1.29 is 5.11 Å². The first-order chi connectivity index (χ1) is 18.3. The van der Waals surface area contributed by atoms with Crippen LogP contribution in [0.2, 0.25) is 0 Å². The quantitative estimate of drug-likeness (QED) is 0.253. The van der Waals surface area contributed by atoms with E-state index >= 15 is 0 Å². The monoisotopic (exact) mass is 498 g/mol. The molecule has 4 aromatic carbocycles. The minimum Gasteiger partial charge on any atom is -0.508 e. The molecule has 2 atom stereocenters. The molecule has 0 radical (unpaired) electrons. The summed E-state index contributed by atoms with van der Waals surface area (Å²) in [4.78, 5) is 10.3. The largest absolute Gasteiger partial charge is 0.508 e. The van der Waals surface area contributed by atoms with Gasteiger partial charge >= 0.3 is 0 Å². The maximum absolute atomic E-state index is 11.0. The van der Waals surface area contributed by atoms with Gasteiger partial charge in [-0.25, -0.2) is 9.97 Å². The van der Waals surface area contributed by atoms with Gasteiger partial charge in [0.05, 0.1) is 22.1 Å². The van der Waals surface area contributed by atoms with E-state index in [9.17, 15) is 5.11 Å². The van der Waals surface area contributed by atoms with E-state index in [1.165, 1.54) is 44.5 Å². The number of aromatic hydroxyl groups is 1. The van der Waals surface area contributed by atoms with E-state index in [-0.39, 0.29) is 10.8 Å². The fourth-order valence-corrected chi connectivity index (χ4v) is 7.75. The SMILES string of the molecule is CCCC12c3ccccc3C(CCC)(c3cc(O)c(C)cc31)c1cc3nc4cc(C)c(C)cc4nc3cc12. The smallest absolute Gasteiger partial charge is 0.118 e. The lowest BCUT2D eigenvalue weighted by Gasteiger charge is -2.57. The van der Waals surface area contributed by atoms with E-state index in [1.807, 2.05) is 6.92 Å². The number of phenolic OH excluding ortho intramolecular Hbond substituents is 1. The first-order valence-electron chi connectivity index (χ1n) is 14.0. The van der Waals surface area contributed by atoms with Crippen LogP contribution in [0.4, 0.5) is 0 Å². The van der Waals surface area contributed by atoms with Crippen molar-refractivity contribution in [3.05, 3.63) is 111 Å². The van der Waals surface area contributed by atoms with Gasteiger partial charge in [0.15, 0.2) is 0 Å². The van der Waals surface area contributed by atoms with Gasteiger partial charge in [-0.15, -0.1) is 0 Å². The van der Waals surface area contributed by atoms with Crippen LogP contribution in [0.3, 0.4) is 0 Å². The third-order valence-electron chi connectivity index (χ3n) is 9.46. The predicted octanol–water partition coefficient (Wildman–Crippen LogP) is 8.31. The third-order valence-corrected chi connectivity index (χ3v) is 9.46. The van der Waals surface area contributed by atoms with Gasteiger partial charge in [0.1, 0.15) is 5.75 Å². The fourth-order valence-electron chi connectivity index (χ4n) is 7.75. The van der Waals surface area contributed by atoms with Crippen LogP contribution in [0.5, 0.6) is 5.75 Å². The van der Waals surface area contributed by atoms with E-state index < -0.39 is 0 Å². The van der Waals surface area contributed by atoms with Gasteiger partial charge in [-0.05, 0) is 114 Å². The highest BCUT2D eigenvalue weighted by Crippen LogP contribution is 2.65. The van der Waals surface area contributed by atoms with Crippen LogP contribution in [0.25, 0.3) is 22.1 Å². The molecule has 5 aromatic rings. The van der Waals surface area contributed by atoms with E-state index in [0.29, 0.717) is 5.75 Å². The molecule has 38 heavy (non-hydrogen) atoms. The Balaban J connectivity index is 1.68. The van der Waals surface area contributed by atoms with Crippen molar-refractivity contribution in [1.29, 1.82) is 0 Å². The van der Waals surface area contributed by atoms with Crippen LogP contribution in [0.15, 0.2) is 60.7 Å². The lowest BCUT2D eigenvalue weighted by atomic mass is 9.45. The summed E-state index contributed by atoms with van der Waals surface area (Å²) < 4.78 is 0. The van der Waals surface area contributed by atoms with E-state index in [2.05, 4.69) is 88.4 Å². The van der Waals surface area contributed by atoms with Crippen molar-refractivity contribution in [3.63, 3.8) is 0 Å². The standard InChI is InChI=1S/C35H34N2O/c1-6-12-34-23-10-8-9-11-24(23)35(13-7-2,28-19-33(38)22(5)14-25(28)34)27-18-32-31(17-26(27)34)36-29-15-20(3)21(4)16-30(29)37-32/h8-11,14-19,38H,6-7,12-13H2,1-5H3. The summed E-state index contributed by atoms with van der Waals surface area (Å²) in [6.45, 7) is 10.9. The summed E-state index contributed by atoms with van der Waals surface area (Å²) in [5, 5.41) is 11.0. The van der Waals surface area contributed by atoms with Crippen LogP contribution in [0.1, 0.15) is 89.6 Å². The van der Waals surface area contributed by atoms with Gasteiger partial charge in [-0.3, -0.25) is 0 Å². The molecule has 3 nitrogen and oxygen atoms in total. The maximum Gasteiger partial charge on any atom is 0.118 e. The van der Waals surface area contributed by atoms with Gasteiger partial charge in [-0.2, -0.15) is 0 Å². The number of aromatic nitrogens is 2. The van der Waals surface area contributed by atoms with Crippen molar-refractivity contribution in [2.75, 3.05) is 0 Å². The number of fused-ring (bicyclic) bond motifs is 2. The molecule has 0 amide bonds. The Hall–Kier alpha value is -3.72. The lowest BCUT2D eigenvalue weighted by Crippen LogP contribution is -2.51. The number of hydrogen-bond donors (Lipinski definition) is 1. The fraction of sp³-hybridized carbons (Fsp3) is 0.314. The Morgan fingerprint density at radius 2 is 0.974 bits per heavy atom. The van der Waals surface area contributed by atoms with E-state index in [0.717, 1.165) is 53.3 Å². The van der Waals surface area contributed by atoms with Gasteiger partial charge in [0.25, 0.3) is 0 Å². The average Bonchev–Trinajstić information content (AvgIpc) is 2.90. The molecule has 190 valence electrons. The molecule has 3 aliphatic rings. The third kappa shape index (κ3) is 2.74. The molecule has 0 saturated carbocycles. The number of benzene rings is 4. The second-order valence-electron chi connectivity index (χ2n) is 11.6. The molecule has 0 saturated heterocycles. The summed E-state index contributed by atoms with van der Waals surface area (Å²) in [6, 6.07) is 22.4. The highest BCUT2D eigenvalue weighted by atomic mass is 16.3. The Kier molecular flexibility index (Phi) is 4.86. The summed E-state index contributed by atoms with van der Waals surface area (Å²) in [5.41, 5.74) is 14.8. The van der Waals surface area contributed by atoms with E-state index in [4.69, 9.17) is 9.97 Å². The van der Waals surface area contributed by atoms with E-state index in [1.54, 1.807) is 0 Å². The molecule has 0 spiro atoms. The first-order valence-corrected chi connectivity index (χ1v) is 14.0. The van der Waals surface area contributed by atoms with Crippen molar-refractivity contribution in [2.24, 2.45) is 0 Å². The minimum atomic E-state index is -0.329. The molecular formula is C35H34N2O. The second kappa shape index (κ2) is 7.89. The molecule has 0 aliphatic heterocycles. The summed E-state index contributed by atoms with van der Waals surface area (Å²) in [6.07, 6.45) is 4.05. The van der Waals surface area contributed by atoms with Crippen LogP contribution < -0.4 is 0 Å². The second-order valence-corrected chi connectivity index (χ2v) is 11.6. The zero-order valence-electron chi connectivity index (χ0n) is 22.9. The molecule has 1 N–H and O–H groups in total. The molecule has 2 unspecified atom stereocenters. The van der Waals surface area contributed by atoms with Crippen molar-refractivity contribution in [2.45, 2.75) is 71.1 Å². The molecule has 0 fully saturated rings. The van der Waals surface area contributed by atoms with Crippen LogP contribution in [0, 0.1) is 20.8 Å². The van der Waals surface area contributed by atoms with Gasteiger partial charge in [0.2, 0.25) is 0 Å². The topological polar surface area (TPSA) is 46.0 Å². The highest BCUT2D eigenvalue weighted by Gasteiger charge is 2.58. The van der Waals surface area contributed by atoms with Crippen LogP contribution in [-0.4, -0.2) is 15.1 Å². The number of nitrogens with zero attached hydrogens (tertiary/aromatic N) is 2. The zero-order chi connectivity index (χ0) is 26.4. The maximum atomic E-state index is 11.0. The summed E-state index contributed by atoms with van der Waals surface area (Å²) in [7, 11) is 0. The molecule has 8 rings (SSSR count).